The molecule has 0 fully saturated rings. The molecule has 118 valence electrons. The molecule has 0 amide bonds. The lowest BCUT2D eigenvalue weighted by molar-refractivity contribution is 0.387. The second-order valence-electron chi connectivity index (χ2n) is 5.31. The number of aromatic amines is 1. The lowest BCUT2D eigenvalue weighted by Crippen LogP contribution is -2.26. The molecule has 0 aliphatic carbocycles. The molecule has 0 aliphatic rings. The third kappa shape index (κ3) is 3.09. The standard InChI is InChI=1S/C16H13ClNO4P/c1-9-2-4-10(5-3-9)12-6-11-7-15(23(20,21)22)16(19)18-14(11)8-13(12)17/h2-8H,1H3,(H,18,19)(H2,20,21,22). The number of halogens is 1. The van der Waals surface area contributed by atoms with E-state index >= 15 is 0 Å². The zero-order valence-corrected chi connectivity index (χ0v) is 13.7. The molecule has 2 aromatic carbocycles. The largest absolute Gasteiger partial charge is 0.361 e. The van der Waals surface area contributed by atoms with E-state index in [1.54, 1.807) is 12.1 Å². The first-order valence-electron chi connectivity index (χ1n) is 6.75. The Balaban J connectivity index is 2.27. The van der Waals surface area contributed by atoms with E-state index in [0.717, 1.165) is 16.7 Å². The van der Waals surface area contributed by atoms with Crippen LogP contribution in [0.5, 0.6) is 0 Å². The zero-order valence-electron chi connectivity index (χ0n) is 12.1. The van der Waals surface area contributed by atoms with E-state index in [-0.39, 0.29) is 0 Å². The Morgan fingerprint density at radius 1 is 1.09 bits per heavy atom. The summed E-state index contributed by atoms with van der Waals surface area (Å²) < 4.78 is 11.4. The predicted molar refractivity (Wildman–Crippen MR) is 91.4 cm³/mol. The summed E-state index contributed by atoms with van der Waals surface area (Å²) in [6.45, 7) is 1.98. The third-order valence-corrected chi connectivity index (χ3v) is 4.86. The van der Waals surface area contributed by atoms with E-state index in [1.165, 1.54) is 6.07 Å². The Morgan fingerprint density at radius 3 is 2.35 bits per heavy atom. The summed E-state index contributed by atoms with van der Waals surface area (Å²) >= 11 is 6.28. The maximum Gasteiger partial charge on any atom is 0.361 e. The van der Waals surface area contributed by atoms with Gasteiger partial charge in [0.2, 0.25) is 0 Å². The van der Waals surface area contributed by atoms with Gasteiger partial charge >= 0.3 is 7.60 Å². The van der Waals surface area contributed by atoms with Gasteiger partial charge in [-0.15, -0.1) is 0 Å². The summed E-state index contributed by atoms with van der Waals surface area (Å²) in [7, 11) is -4.64. The van der Waals surface area contributed by atoms with Crippen LogP contribution in [0.1, 0.15) is 5.56 Å². The maximum atomic E-state index is 11.8. The van der Waals surface area contributed by atoms with Crippen LogP contribution in [0.3, 0.4) is 0 Å². The van der Waals surface area contributed by atoms with Crippen molar-refractivity contribution in [3.05, 3.63) is 63.4 Å². The third-order valence-electron chi connectivity index (χ3n) is 3.59. The molecular weight excluding hydrogens is 337 g/mol. The van der Waals surface area contributed by atoms with Gasteiger partial charge in [0.05, 0.1) is 5.02 Å². The Bertz CT molecular complexity index is 1010. The Kier molecular flexibility index (Phi) is 3.90. The van der Waals surface area contributed by atoms with Gasteiger partial charge in [0, 0.05) is 11.1 Å². The molecular formula is C16H13ClNO4P. The first kappa shape index (κ1) is 16.0. The van der Waals surface area contributed by atoms with Gasteiger partial charge in [-0.1, -0.05) is 41.4 Å². The van der Waals surface area contributed by atoms with Crippen LogP contribution in [0.25, 0.3) is 22.0 Å². The molecule has 0 bridgehead atoms. The number of H-pyrrole nitrogens is 1. The van der Waals surface area contributed by atoms with E-state index in [9.17, 15) is 19.1 Å². The van der Waals surface area contributed by atoms with Crippen molar-refractivity contribution < 1.29 is 14.4 Å². The number of nitrogens with one attached hydrogen (secondary N) is 1. The van der Waals surface area contributed by atoms with Gasteiger partial charge < -0.3 is 14.8 Å². The molecule has 0 saturated carbocycles. The topological polar surface area (TPSA) is 90.4 Å². The minimum atomic E-state index is -4.64. The molecule has 23 heavy (non-hydrogen) atoms. The van der Waals surface area contributed by atoms with Crippen molar-refractivity contribution in [2.45, 2.75) is 6.92 Å². The van der Waals surface area contributed by atoms with Crippen LogP contribution in [0.4, 0.5) is 0 Å². The van der Waals surface area contributed by atoms with Crippen LogP contribution in [0.15, 0.2) is 47.3 Å². The average Bonchev–Trinajstić information content (AvgIpc) is 2.46. The molecule has 3 aromatic rings. The van der Waals surface area contributed by atoms with Crippen LogP contribution in [-0.2, 0) is 4.57 Å². The lowest BCUT2D eigenvalue weighted by Gasteiger charge is -2.09. The van der Waals surface area contributed by atoms with Gasteiger partial charge in [-0.2, -0.15) is 0 Å². The number of benzene rings is 2. The van der Waals surface area contributed by atoms with Crippen LogP contribution in [-0.4, -0.2) is 14.8 Å². The van der Waals surface area contributed by atoms with Crippen molar-refractivity contribution in [3.63, 3.8) is 0 Å². The van der Waals surface area contributed by atoms with Crippen molar-refractivity contribution in [3.8, 4) is 11.1 Å². The molecule has 0 spiro atoms. The molecule has 0 atom stereocenters. The molecule has 0 radical (unpaired) electrons. The molecule has 1 aromatic heterocycles. The summed E-state index contributed by atoms with van der Waals surface area (Å²) in [4.78, 5) is 32.8. The zero-order chi connectivity index (χ0) is 16.8. The van der Waals surface area contributed by atoms with E-state index < -0.39 is 18.5 Å². The monoisotopic (exact) mass is 349 g/mol. The van der Waals surface area contributed by atoms with E-state index in [4.69, 9.17) is 11.6 Å². The van der Waals surface area contributed by atoms with Crippen molar-refractivity contribution in [2.24, 2.45) is 0 Å². The number of fused-ring (bicyclic) bond motifs is 1. The summed E-state index contributed by atoms with van der Waals surface area (Å²) in [6.07, 6.45) is 0. The maximum absolute atomic E-state index is 11.8. The van der Waals surface area contributed by atoms with Crippen LogP contribution in [0, 0.1) is 6.92 Å². The number of hydrogen-bond donors (Lipinski definition) is 3. The Labute approximate surface area is 136 Å². The first-order valence-corrected chi connectivity index (χ1v) is 8.74. The normalized spacial score (nSPS) is 11.8. The molecule has 0 saturated heterocycles. The lowest BCUT2D eigenvalue weighted by atomic mass is 10.0. The Morgan fingerprint density at radius 2 is 1.74 bits per heavy atom. The molecule has 5 nitrogen and oxygen atoms in total. The van der Waals surface area contributed by atoms with Crippen molar-refractivity contribution in [1.29, 1.82) is 0 Å². The van der Waals surface area contributed by atoms with Gasteiger partial charge in [0.1, 0.15) is 5.30 Å². The summed E-state index contributed by atoms with van der Waals surface area (Å²) in [6, 6.07) is 12.2. The molecule has 0 unspecified atom stereocenters. The van der Waals surface area contributed by atoms with Crippen molar-refractivity contribution >= 4 is 35.4 Å². The number of aromatic nitrogens is 1. The number of hydrogen-bond acceptors (Lipinski definition) is 2. The second kappa shape index (κ2) is 5.62. The van der Waals surface area contributed by atoms with E-state index in [2.05, 4.69) is 4.98 Å². The highest BCUT2D eigenvalue weighted by molar-refractivity contribution is 7.60. The summed E-state index contributed by atoms with van der Waals surface area (Å²) in [5.41, 5.74) is 2.33. The highest BCUT2D eigenvalue weighted by atomic mass is 35.5. The van der Waals surface area contributed by atoms with Gasteiger partial charge in [-0.05, 0) is 36.1 Å². The number of pyridine rings is 1. The van der Waals surface area contributed by atoms with Gasteiger partial charge in [0.25, 0.3) is 5.56 Å². The Hall–Kier alpha value is -1.91. The van der Waals surface area contributed by atoms with E-state index in [1.807, 2.05) is 31.2 Å². The quantitative estimate of drug-likeness (QED) is 0.620. The molecule has 1 heterocycles. The first-order chi connectivity index (χ1) is 10.8. The van der Waals surface area contributed by atoms with Gasteiger partial charge in [0.15, 0.2) is 0 Å². The summed E-state index contributed by atoms with van der Waals surface area (Å²) in [5.74, 6) is 0. The highest BCUT2D eigenvalue weighted by Gasteiger charge is 2.22. The van der Waals surface area contributed by atoms with Gasteiger partial charge in [-0.3, -0.25) is 9.36 Å². The smallest absolute Gasteiger partial charge is 0.321 e. The van der Waals surface area contributed by atoms with Crippen LogP contribution >= 0.6 is 19.2 Å². The SMILES string of the molecule is Cc1ccc(-c2cc3cc(P(=O)(O)O)c(=O)[nH]c3cc2Cl)cc1. The molecule has 3 rings (SSSR count). The molecule has 0 aliphatic heterocycles. The average molecular weight is 350 g/mol. The van der Waals surface area contributed by atoms with Gasteiger partial charge in [-0.25, -0.2) is 0 Å². The minimum Gasteiger partial charge on any atom is -0.321 e. The predicted octanol–water partition coefficient (Wildman–Crippen LogP) is 2.96. The van der Waals surface area contributed by atoms with Crippen molar-refractivity contribution in [2.75, 3.05) is 0 Å². The summed E-state index contributed by atoms with van der Waals surface area (Å²) in [5, 5.41) is 0.394. The molecule has 7 heteroatoms. The second-order valence-corrected chi connectivity index (χ2v) is 7.29. The van der Waals surface area contributed by atoms with Crippen LogP contribution in [0.2, 0.25) is 5.02 Å². The van der Waals surface area contributed by atoms with Crippen molar-refractivity contribution in [1.82, 2.24) is 4.98 Å². The van der Waals surface area contributed by atoms with Crippen LogP contribution < -0.4 is 10.9 Å². The fourth-order valence-corrected chi connectivity index (χ4v) is 3.29. The number of rotatable bonds is 2. The number of aryl methyl sites for hydroxylation is 1. The highest BCUT2D eigenvalue weighted by Crippen LogP contribution is 2.34. The van der Waals surface area contributed by atoms with E-state index in [0.29, 0.717) is 15.9 Å². The minimum absolute atomic E-state index is 0.424. The fourth-order valence-electron chi connectivity index (χ4n) is 2.39. The fraction of sp³-hybridized carbons (Fsp3) is 0.0625. The molecule has 3 N–H and O–H groups in total.